The number of rotatable bonds is 2. The highest BCUT2D eigenvalue weighted by Crippen LogP contribution is 2.29. The Kier molecular flexibility index (Phi) is 2.95. The van der Waals surface area contributed by atoms with Crippen molar-refractivity contribution in [3.05, 3.63) is 48.0 Å². The summed E-state index contributed by atoms with van der Waals surface area (Å²) in [4.78, 5) is 0. The molecule has 88 valence electrons. The van der Waals surface area contributed by atoms with E-state index >= 15 is 0 Å². The van der Waals surface area contributed by atoms with Crippen molar-refractivity contribution in [3.8, 4) is 16.9 Å². The highest BCUT2D eigenvalue weighted by atomic mass is 19.1. The lowest BCUT2D eigenvalue weighted by Crippen LogP contribution is -1.97. The fourth-order valence-electron chi connectivity index (χ4n) is 1.58. The number of halogens is 2. The lowest BCUT2D eigenvalue weighted by Gasteiger charge is -2.08. The third-order valence-electron chi connectivity index (χ3n) is 2.51. The maximum Gasteiger partial charge on any atom is 0.156 e. The zero-order chi connectivity index (χ0) is 12.4. The van der Waals surface area contributed by atoms with Crippen LogP contribution in [-0.2, 0) is 0 Å². The summed E-state index contributed by atoms with van der Waals surface area (Å²) in [5.74, 6) is -0.905. The van der Waals surface area contributed by atoms with Gasteiger partial charge in [0.05, 0.1) is 7.11 Å². The highest BCUT2D eigenvalue weighted by Gasteiger charge is 2.12. The van der Waals surface area contributed by atoms with Gasteiger partial charge in [-0.15, -0.1) is 0 Å². The second-order valence-corrected chi connectivity index (χ2v) is 3.55. The van der Waals surface area contributed by atoms with Crippen LogP contribution in [-0.4, -0.2) is 7.11 Å². The largest absolute Gasteiger partial charge is 0.497 e. The van der Waals surface area contributed by atoms with Crippen LogP contribution in [0.3, 0.4) is 0 Å². The molecule has 2 rings (SSSR count). The van der Waals surface area contributed by atoms with Gasteiger partial charge in [-0.25, -0.2) is 8.78 Å². The normalized spacial score (nSPS) is 10.3. The number of methoxy groups -OCH3 is 1. The molecule has 0 heterocycles. The number of benzene rings is 2. The number of hydrogen-bond donors (Lipinski definition) is 1. The van der Waals surface area contributed by atoms with E-state index in [1.165, 1.54) is 13.2 Å². The molecule has 2 aromatic carbocycles. The Labute approximate surface area is 97.6 Å². The molecule has 17 heavy (non-hydrogen) atoms. The van der Waals surface area contributed by atoms with E-state index < -0.39 is 17.3 Å². The number of ether oxygens (including phenoxy) is 1. The van der Waals surface area contributed by atoms with Crippen molar-refractivity contribution in [2.45, 2.75) is 0 Å². The summed E-state index contributed by atoms with van der Waals surface area (Å²) in [6, 6.07) is 9.35. The van der Waals surface area contributed by atoms with Crippen LogP contribution in [0, 0.1) is 11.6 Å². The topological polar surface area (TPSA) is 35.2 Å². The molecular weight excluding hydrogens is 224 g/mol. The Morgan fingerprint density at radius 1 is 1.12 bits per heavy atom. The lowest BCUT2D eigenvalue weighted by atomic mass is 10.0. The number of nitrogens with two attached hydrogens (primary N) is 1. The number of hydrogen-bond acceptors (Lipinski definition) is 2. The van der Waals surface area contributed by atoms with Gasteiger partial charge in [0.25, 0.3) is 0 Å². The molecule has 0 aliphatic heterocycles. The summed E-state index contributed by atoms with van der Waals surface area (Å²) in [5, 5.41) is 0. The van der Waals surface area contributed by atoms with Crippen molar-refractivity contribution in [3.63, 3.8) is 0 Å². The molecule has 0 saturated carbocycles. The second kappa shape index (κ2) is 4.41. The van der Waals surface area contributed by atoms with Crippen LogP contribution in [0.5, 0.6) is 5.75 Å². The van der Waals surface area contributed by atoms with Crippen LogP contribution in [0.1, 0.15) is 0 Å². The van der Waals surface area contributed by atoms with Crippen molar-refractivity contribution in [2.75, 3.05) is 12.8 Å². The zero-order valence-corrected chi connectivity index (χ0v) is 9.21. The monoisotopic (exact) mass is 235 g/mol. The Morgan fingerprint density at radius 3 is 2.59 bits per heavy atom. The number of anilines is 1. The molecule has 0 radical (unpaired) electrons. The van der Waals surface area contributed by atoms with E-state index in [4.69, 9.17) is 10.5 Å². The van der Waals surface area contributed by atoms with Crippen LogP contribution in [0.2, 0.25) is 0 Å². The van der Waals surface area contributed by atoms with Gasteiger partial charge in [0.1, 0.15) is 17.3 Å². The molecule has 0 spiro atoms. The molecule has 2 N–H and O–H groups in total. The third-order valence-corrected chi connectivity index (χ3v) is 2.51. The molecule has 2 aromatic rings. The fourth-order valence-corrected chi connectivity index (χ4v) is 1.58. The number of nitrogen functional groups attached to an aromatic ring is 1. The summed E-state index contributed by atoms with van der Waals surface area (Å²) >= 11 is 0. The van der Waals surface area contributed by atoms with Crippen molar-refractivity contribution < 1.29 is 13.5 Å². The van der Waals surface area contributed by atoms with Gasteiger partial charge < -0.3 is 10.5 Å². The van der Waals surface area contributed by atoms with Crippen LogP contribution in [0.15, 0.2) is 36.4 Å². The Bertz CT molecular complexity index is 555. The Balaban J connectivity index is 2.56. The van der Waals surface area contributed by atoms with Gasteiger partial charge in [-0.05, 0) is 29.8 Å². The zero-order valence-electron chi connectivity index (χ0n) is 9.21. The molecule has 0 aliphatic carbocycles. The van der Waals surface area contributed by atoms with Crippen molar-refractivity contribution >= 4 is 5.69 Å². The van der Waals surface area contributed by atoms with Crippen LogP contribution in [0.25, 0.3) is 11.1 Å². The average Bonchev–Trinajstić information content (AvgIpc) is 2.36. The minimum absolute atomic E-state index is 0.253. The van der Waals surface area contributed by atoms with Gasteiger partial charge in [0.2, 0.25) is 0 Å². The van der Waals surface area contributed by atoms with Gasteiger partial charge in [0, 0.05) is 5.56 Å². The van der Waals surface area contributed by atoms with E-state index in [1.807, 2.05) is 0 Å². The van der Waals surface area contributed by atoms with Gasteiger partial charge in [-0.1, -0.05) is 12.1 Å². The van der Waals surface area contributed by atoms with Gasteiger partial charge in [-0.3, -0.25) is 0 Å². The lowest BCUT2D eigenvalue weighted by molar-refractivity contribution is 0.415. The predicted molar refractivity (Wildman–Crippen MR) is 62.8 cm³/mol. The molecule has 0 aliphatic rings. The molecule has 0 bridgehead atoms. The highest BCUT2D eigenvalue weighted by molar-refractivity contribution is 5.69. The summed E-state index contributed by atoms with van der Waals surface area (Å²) in [6.07, 6.45) is 0. The quantitative estimate of drug-likeness (QED) is 0.811. The first-order chi connectivity index (χ1) is 8.13. The first-order valence-corrected chi connectivity index (χ1v) is 5.01. The minimum atomic E-state index is -0.755. The summed E-state index contributed by atoms with van der Waals surface area (Å²) in [6.45, 7) is 0. The third kappa shape index (κ3) is 2.06. The average molecular weight is 235 g/mol. The smallest absolute Gasteiger partial charge is 0.156 e. The van der Waals surface area contributed by atoms with Gasteiger partial charge >= 0.3 is 0 Å². The van der Waals surface area contributed by atoms with Crippen molar-refractivity contribution in [1.29, 1.82) is 0 Å². The predicted octanol–water partition coefficient (Wildman–Crippen LogP) is 3.22. The standard InChI is InChI=1S/C13H11F2NO/c1-17-9-4-2-3-8(7-9)10-5-6-11(14)13(16)12(10)15/h2-7H,16H2,1H3. The van der Waals surface area contributed by atoms with Gasteiger partial charge in [0.15, 0.2) is 5.82 Å². The van der Waals surface area contributed by atoms with Crippen LogP contribution >= 0.6 is 0 Å². The van der Waals surface area contributed by atoms with E-state index in [2.05, 4.69) is 0 Å². The molecule has 0 atom stereocenters. The molecule has 2 nitrogen and oxygen atoms in total. The van der Waals surface area contributed by atoms with Crippen LogP contribution < -0.4 is 10.5 Å². The van der Waals surface area contributed by atoms with E-state index in [-0.39, 0.29) is 5.56 Å². The summed E-state index contributed by atoms with van der Waals surface area (Å²) in [5.41, 5.74) is 5.69. The van der Waals surface area contributed by atoms with E-state index in [1.54, 1.807) is 24.3 Å². The first kappa shape index (κ1) is 11.4. The molecule has 0 fully saturated rings. The molecule has 0 aromatic heterocycles. The summed E-state index contributed by atoms with van der Waals surface area (Å²) < 4.78 is 31.9. The molecule has 0 saturated heterocycles. The molecule has 0 unspecified atom stereocenters. The second-order valence-electron chi connectivity index (χ2n) is 3.55. The summed E-state index contributed by atoms with van der Waals surface area (Å²) in [7, 11) is 1.52. The van der Waals surface area contributed by atoms with Crippen LogP contribution in [0.4, 0.5) is 14.5 Å². The maximum atomic E-state index is 13.8. The van der Waals surface area contributed by atoms with E-state index in [0.717, 1.165) is 6.07 Å². The van der Waals surface area contributed by atoms with Gasteiger partial charge in [-0.2, -0.15) is 0 Å². The van der Waals surface area contributed by atoms with E-state index in [0.29, 0.717) is 11.3 Å². The molecule has 0 amide bonds. The SMILES string of the molecule is COc1cccc(-c2ccc(F)c(N)c2F)c1. The molecular formula is C13H11F2NO. The van der Waals surface area contributed by atoms with E-state index in [9.17, 15) is 8.78 Å². The first-order valence-electron chi connectivity index (χ1n) is 5.01. The maximum absolute atomic E-state index is 13.8. The van der Waals surface area contributed by atoms with Crippen molar-refractivity contribution in [2.24, 2.45) is 0 Å². The Morgan fingerprint density at radius 2 is 1.88 bits per heavy atom. The Hall–Kier alpha value is -2.10. The minimum Gasteiger partial charge on any atom is -0.497 e. The van der Waals surface area contributed by atoms with Crippen molar-refractivity contribution in [1.82, 2.24) is 0 Å². The fraction of sp³-hybridized carbons (Fsp3) is 0.0769. The molecule has 4 heteroatoms.